The topological polar surface area (TPSA) is 81.3 Å². The lowest BCUT2D eigenvalue weighted by Gasteiger charge is -2.39. The first-order valence-electron chi connectivity index (χ1n) is 9.60. The van der Waals surface area contributed by atoms with Crippen LogP contribution in [0.2, 0.25) is 0 Å². The van der Waals surface area contributed by atoms with E-state index in [0.717, 1.165) is 40.6 Å². The number of nitrogens with two attached hydrogens (primary N) is 1. The normalized spacial score (nSPS) is 20.9. The van der Waals surface area contributed by atoms with Gasteiger partial charge in [-0.05, 0) is 30.9 Å². The van der Waals surface area contributed by atoms with Crippen molar-refractivity contribution in [1.82, 2.24) is 14.9 Å². The Hall–Kier alpha value is -3.15. The molecule has 6 heteroatoms. The second-order valence-electron chi connectivity index (χ2n) is 7.77. The third-order valence-electron chi connectivity index (χ3n) is 5.97. The fourth-order valence-corrected chi connectivity index (χ4v) is 4.48. The van der Waals surface area contributed by atoms with Crippen molar-refractivity contribution in [3.8, 4) is 17.0 Å². The molecule has 1 aromatic carbocycles. The van der Waals surface area contributed by atoms with Gasteiger partial charge in [0.05, 0.1) is 36.1 Å². The van der Waals surface area contributed by atoms with E-state index in [4.69, 9.17) is 15.5 Å². The number of hydrogen-bond acceptors (Lipinski definition) is 5. The minimum atomic E-state index is 0.0168. The van der Waals surface area contributed by atoms with Crippen LogP contribution in [0.5, 0.6) is 5.88 Å². The summed E-state index contributed by atoms with van der Waals surface area (Å²) in [6.45, 7) is 2.75. The van der Waals surface area contributed by atoms with E-state index in [1.54, 1.807) is 13.3 Å². The number of aromatic nitrogens is 2. The van der Waals surface area contributed by atoms with E-state index in [-0.39, 0.29) is 5.91 Å². The molecule has 1 aliphatic carbocycles. The van der Waals surface area contributed by atoms with Crippen LogP contribution in [0.3, 0.4) is 0 Å². The monoisotopic (exact) mass is 374 g/mol. The van der Waals surface area contributed by atoms with Crippen molar-refractivity contribution in [3.63, 3.8) is 0 Å². The first-order chi connectivity index (χ1) is 13.6. The van der Waals surface area contributed by atoms with Crippen LogP contribution in [-0.2, 0) is 6.54 Å². The highest BCUT2D eigenvalue weighted by Gasteiger charge is 2.40. The number of benzene rings is 1. The molecule has 1 aliphatic heterocycles. The molecular formula is C22H22N4O2. The number of nitrogen functional groups attached to an aromatic ring is 1. The molecule has 2 aliphatic rings. The van der Waals surface area contributed by atoms with Gasteiger partial charge in [-0.3, -0.25) is 4.79 Å². The molecule has 1 amide bonds. The van der Waals surface area contributed by atoms with E-state index in [9.17, 15) is 4.79 Å². The van der Waals surface area contributed by atoms with E-state index in [2.05, 4.69) is 11.9 Å². The molecule has 5 rings (SSSR count). The summed E-state index contributed by atoms with van der Waals surface area (Å²) in [5.41, 5.74) is 10.9. The van der Waals surface area contributed by atoms with Crippen LogP contribution in [0, 0.1) is 5.92 Å². The fraction of sp³-hybridized carbons (Fsp3) is 0.318. The largest absolute Gasteiger partial charge is 0.481 e. The third kappa shape index (κ3) is 2.37. The summed E-state index contributed by atoms with van der Waals surface area (Å²) in [4.78, 5) is 24.2. The Balaban J connectivity index is 1.67. The Morgan fingerprint density at radius 3 is 2.71 bits per heavy atom. The van der Waals surface area contributed by atoms with Gasteiger partial charge in [-0.1, -0.05) is 25.1 Å². The smallest absolute Gasteiger partial charge is 0.258 e. The number of anilines is 1. The summed E-state index contributed by atoms with van der Waals surface area (Å²) >= 11 is 0. The summed E-state index contributed by atoms with van der Waals surface area (Å²) in [7, 11) is 1.60. The summed E-state index contributed by atoms with van der Waals surface area (Å²) in [5, 5.41) is 0.791. The standard InChI is InChI=1S/C22H22N4O2/c1-12-9-13(10-12)26-11-17-18(22(26)27)19(23)16-6-3-5-14(20(16)25-17)15-7-4-8-24-21(15)28-2/h3-8,12-13H,9-11H2,1-2H3,(H2,23,25)/t12-,13-. The number of pyridine rings is 2. The van der Waals surface area contributed by atoms with Crippen molar-refractivity contribution in [1.29, 1.82) is 0 Å². The molecule has 2 N–H and O–H groups in total. The molecule has 0 radical (unpaired) electrons. The molecule has 0 unspecified atom stereocenters. The first kappa shape index (κ1) is 17.0. The zero-order valence-electron chi connectivity index (χ0n) is 16.0. The number of rotatable bonds is 3. The number of nitrogens with zero attached hydrogens (tertiary/aromatic N) is 3. The summed E-state index contributed by atoms with van der Waals surface area (Å²) in [6, 6.07) is 9.97. The maximum atomic E-state index is 13.0. The lowest BCUT2D eigenvalue weighted by atomic mass is 9.81. The highest BCUT2D eigenvalue weighted by Crippen LogP contribution is 2.41. The van der Waals surface area contributed by atoms with Gasteiger partial charge in [-0.15, -0.1) is 0 Å². The lowest BCUT2D eigenvalue weighted by molar-refractivity contribution is 0.0509. The van der Waals surface area contributed by atoms with E-state index in [0.29, 0.717) is 35.6 Å². The second-order valence-corrected chi connectivity index (χ2v) is 7.77. The maximum absolute atomic E-state index is 13.0. The van der Waals surface area contributed by atoms with Gasteiger partial charge in [0.2, 0.25) is 5.88 Å². The highest BCUT2D eigenvalue weighted by molar-refractivity contribution is 6.11. The Bertz CT molecular complexity index is 1110. The van der Waals surface area contributed by atoms with Gasteiger partial charge in [0.1, 0.15) is 0 Å². The molecule has 0 bridgehead atoms. The molecule has 0 atom stereocenters. The zero-order valence-corrected chi connectivity index (χ0v) is 16.0. The average Bonchev–Trinajstić information content (AvgIpc) is 3.01. The average molecular weight is 374 g/mol. The molecule has 3 aromatic rings. The molecule has 1 fully saturated rings. The minimum absolute atomic E-state index is 0.0168. The van der Waals surface area contributed by atoms with Gasteiger partial charge in [0.25, 0.3) is 5.91 Å². The predicted molar refractivity (Wildman–Crippen MR) is 108 cm³/mol. The molecule has 1 saturated carbocycles. The van der Waals surface area contributed by atoms with E-state index in [1.807, 2.05) is 35.2 Å². The molecular weight excluding hydrogens is 352 g/mol. The number of amides is 1. The van der Waals surface area contributed by atoms with E-state index < -0.39 is 0 Å². The van der Waals surface area contributed by atoms with Crippen molar-refractivity contribution >= 4 is 22.5 Å². The lowest BCUT2D eigenvalue weighted by Crippen LogP contribution is -2.44. The highest BCUT2D eigenvalue weighted by atomic mass is 16.5. The van der Waals surface area contributed by atoms with Crippen LogP contribution in [0.15, 0.2) is 36.5 Å². The number of hydrogen-bond donors (Lipinski definition) is 1. The molecule has 6 nitrogen and oxygen atoms in total. The van der Waals surface area contributed by atoms with Gasteiger partial charge in [-0.2, -0.15) is 0 Å². The van der Waals surface area contributed by atoms with Gasteiger partial charge in [0.15, 0.2) is 0 Å². The molecule has 3 heterocycles. The summed E-state index contributed by atoms with van der Waals surface area (Å²) in [5.74, 6) is 1.23. The number of carbonyl (C=O) groups is 1. The molecule has 142 valence electrons. The fourth-order valence-electron chi connectivity index (χ4n) is 4.48. The Kier molecular flexibility index (Phi) is 3.75. The predicted octanol–water partition coefficient (Wildman–Crippen LogP) is 3.64. The van der Waals surface area contributed by atoms with Crippen LogP contribution < -0.4 is 10.5 Å². The van der Waals surface area contributed by atoms with Crippen LogP contribution >= 0.6 is 0 Å². The van der Waals surface area contributed by atoms with Crippen molar-refractivity contribution < 1.29 is 9.53 Å². The van der Waals surface area contributed by atoms with Gasteiger partial charge in [-0.25, -0.2) is 9.97 Å². The van der Waals surface area contributed by atoms with Crippen LogP contribution in [-0.4, -0.2) is 33.9 Å². The first-order valence-corrected chi connectivity index (χ1v) is 9.60. The number of carbonyl (C=O) groups excluding carboxylic acids is 1. The number of fused-ring (bicyclic) bond motifs is 2. The third-order valence-corrected chi connectivity index (χ3v) is 5.97. The molecule has 0 saturated heterocycles. The quantitative estimate of drug-likeness (QED) is 0.757. The number of para-hydroxylation sites is 1. The second kappa shape index (κ2) is 6.19. The van der Waals surface area contributed by atoms with Crippen LogP contribution in [0.1, 0.15) is 35.8 Å². The molecule has 2 aromatic heterocycles. The van der Waals surface area contributed by atoms with Gasteiger partial charge >= 0.3 is 0 Å². The molecule has 28 heavy (non-hydrogen) atoms. The summed E-state index contributed by atoms with van der Waals surface area (Å²) in [6.07, 6.45) is 3.80. The molecule has 0 spiro atoms. The van der Waals surface area contributed by atoms with E-state index >= 15 is 0 Å². The maximum Gasteiger partial charge on any atom is 0.258 e. The minimum Gasteiger partial charge on any atom is -0.481 e. The van der Waals surface area contributed by atoms with Crippen LogP contribution in [0.25, 0.3) is 22.0 Å². The van der Waals surface area contributed by atoms with Crippen molar-refractivity contribution in [2.24, 2.45) is 5.92 Å². The van der Waals surface area contributed by atoms with Gasteiger partial charge < -0.3 is 15.4 Å². The summed E-state index contributed by atoms with van der Waals surface area (Å²) < 4.78 is 5.44. The Morgan fingerprint density at radius 2 is 1.96 bits per heavy atom. The SMILES string of the molecule is COc1ncccc1-c1cccc2c(N)c3c(nc12)CN([C@H]1C[C@H](C)C1)C3=O. The van der Waals surface area contributed by atoms with Crippen molar-refractivity contribution in [3.05, 3.63) is 47.8 Å². The van der Waals surface area contributed by atoms with Crippen molar-refractivity contribution in [2.75, 3.05) is 12.8 Å². The van der Waals surface area contributed by atoms with Crippen LogP contribution in [0.4, 0.5) is 5.69 Å². The Morgan fingerprint density at radius 1 is 1.18 bits per heavy atom. The van der Waals surface area contributed by atoms with E-state index in [1.165, 1.54) is 0 Å². The number of ether oxygens (including phenoxy) is 1. The van der Waals surface area contributed by atoms with Gasteiger partial charge in [0, 0.05) is 28.8 Å². The van der Waals surface area contributed by atoms with Crippen molar-refractivity contribution in [2.45, 2.75) is 32.4 Å². The Labute approximate surface area is 163 Å². The number of methoxy groups -OCH3 is 1. The zero-order chi connectivity index (χ0) is 19.4.